The van der Waals surface area contributed by atoms with Crippen molar-refractivity contribution in [1.82, 2.24) is 9.80 Å². The van der Waals surface area contributed by atoms with Crippen LogP contribution in [-0.2, 0) is 9.59 Å². The molecule has 5 rings (SSSR count). The third-order valence-electron chi connectivity index (χ3n) is 7.50. The summed E-state index contributed by atoms with van der Waals surface area (Å²) < 4.78 is 0. The van der Waals surface area contributed by atoms with Crippen LogP contribution in [-0.4, -0.2) is 58.0 Å². The maximum Gasteiger partial charge on any atom is 0.225 e. The molecule has 5 heteroatoms. The topological polar surface area (TPSA) is 60.9 Å². The number of rotatable bonds is 5. The number of carbonyl (C=O) groups is 2. The largest absolute Gasteiger partial charge is 0.394 e. The average molecular weight is 383 g/mol. The predicted molar refractivity (Wildman–Crippen MR) is 106 cm³/mol. The summed E-state index contributed by atoms with van der Waals surface area (Å²) in [6.07, 6.45) is 7.20. The molecule has 0 bridgehead atoms. The first-order valence-corrected chi connectivity index (χ1v) is 10.9. The highest BCUT2D eigenvalue weighted by Crippen LogP contribution is 2.55. The number of amides is 2. The van der Waals surface area contributed by atoms with Crippen LogP contribution in [0, 0.1) is 11.8 Å². The highest BCUT2D eigenvalue weighted by Gasteiger charge is 2.68. The molecular weight excluding hydrogens is 352 g/mol. The van der Waals surface area contributed by atoms with E-state index in [2.05, 4.69) is 12.1 Å². The molecule has 2 saturated heterocycles. The molecule has 2 aliphatic carbocycles. The Labute approximate surface area is 166 Å². The highest BCUT2D eigenvalue weighted by molar-refractivity contribution is 5.84. The fourth-order valence-electron chi connectivity index (χ4n) is 5.94. The molecule has 0 unspecified atom stereocenters. The molecule has 2 aliphatic heterocycles. The van der Waals surface area contributed by atoms with E-state index in [-0.39, 0.29) is 41.8 Å². The van der Waals surface area contributed by atoms with Crippen LogP contribution in [0.15, 0.2) is 30.3 Å². The van der Waals surface area contributed by atoms with Gasteiger partial charge in [-0.1, -0.05) is 43.2 Å². The van der Waals surface area contributed by atoms with Crippen LogP contribution in [0.2, 0.25) is 0 Å². The maximum atomic E-state index is 13.1. The van der Waals surface area contributed by atoms with Crippen molar-refractivity contribution < 1.29 is 14.7 Å². The van der Waals surface area contributed by atoms with Crippen LogP contribution >= 0.6 is 0 Å². The second-order valence-corrected chi connectivity index (χ2v) is 9.33. The Hall–Kier alpha value is -1.88. The highest BCUT2D eigenvalue weighted by atomic mass is 16.3. The summed E-state index contributed by atoms with van der Waals surface area (Å²) in [6.45, 7) is 1.22. The summed E-state index contributed by atoms with van der Waals surface area (Å²) in [4.78, 5) is 29.9. The lowest BCUT2D eigenvalue weighted by atomic mass is 9.60. The molecule has 1 aromatic rings. The van der Waals surface area contributed by atoms with E-state index in [0.717, 1.165) is 38.5 Å². The first-order valence-electron chi connectivity index (χ1n) is 10.9. The molecule has 0 radical (unpaired) electrons. The third kappa shape index (κ3) is 2.78. The molecule has 5 nitrogen and oxygen atoms in total. The van der Waals surface area contributed by atoms with E-state index in [9.17, 15) is 14.7 Å². The van der Waals surface area contributed by atoms with Gasteiger partial charge in [-0.3, -0.25) is 9.59 Å². The quantitative estimate of drug-likeness (QED) is 0.851. The van der Waals surface area contributed by atoms with Gasteiger partial charge >= 0.3 is 0 Å². The van der Waals surface area contributed by atoms with Gasteiger partial charge in [0.1, 0.15) is 0 Å². The molecule has 2 atom stereocenters. The van der Waals surface area contributed by atoms with Gasteiger partial charge in [-0.25, -0.2) is 0 Å². The van der Waals surface area contributed by atoms with Crippen LogP contribution in [0.1, 0.15) is 56.4 Å². The van der Waals surface area contributed by atoms with E-state index in [1.165, 1.54) is 5.56 Å². The van der Waals surface area contributed by atoms with Crippen molar-refractivity contribution in [3.05, 3.63) is 35.9 Å². The van der Waals surface area contributed by atoms with Gasteiger partial charge in [0.2, 0.25) is 11.8 Å². The predicted octanol–water partition coefficient (Wildman–Crippen LogP) is 2.54. The Morgan fingerprint density at radius 2 is 1.71 bits per heavy atom. The number of carbonyl (C=O) groups excluding carboxylic acids is 2. The van der Waals surface area contributed by atoms with Crippen LogP contribution in [0.5, 0.6) is 0 Å². The number of hydrogen-bond donors (Lipinski definition) is 1. The molecule has 2 amide bonds. The van der Waals surface area contributed by atoms with Crippen molar-refractivity contribution in [2.24, 2.45) is 11.8 Å². The number of hydrogen-bond acceptors (Lipinski definition) is 3. The summed E-state index contributed by atoms with van der Waals surface area (Å²) in [7, 11) is 0. The number of nitrogens with zero attached hydrogens (tertiary/aromatic N) is 2. The number of likely N-dealkylation sites (tertiary alicyclic amines) is 2. The van der Waals surface area contributed by atoms with Gasteiger partial charge in [-0.15, -0.1) is 0 Å². The van der Waals surface area contributed by atoms with Gasteiger partial charge < -0.3 is 14.9 Å². The fourth-order valence-corrected chi connectivity index (χ4v) is 5.94. The van der Waals surface area contributed by atoms with E-state index in [0.29, 0.717) is 25.4 Å². The normalized spacial score (nSPS) is 28.9. The lowest BCUT2D eigenvalue weighted by Crippen LogP contribution is -2.86. The number of benzene rings is 1. The van der Waals surface area contributed by atoms with Crippen molar-refractivity contribution in [1.29, 1.82) is 0 Å². The first-order chi connectivity index (χ1) is 13.6. The van der Waals surface area contributed by atoms with E-state index in [4.69, 9.17) is 0 Å². The molecule has 1 spiro atoms. The van der Waals surface area contributed by atoms with Crippen LogP contribution in [0.4, 0.5) is 0 Å². The Bertz CT molecular complexity index is 748. The lowest BCUT2D eigenvalue weighted by molar-refractivity contribution is -0.204. The molecule has 4 fully saturated rings. The fraction of sp³-hybridized carbons (Fsp3) is 0.652. The minimum Gasteiger partial charge on any atom is -0.394 e. The Balaban J connectivity index is 1.39. The average Bonchev–Trinajstić information content (AvgIpc) is 3.29. The molecule has 2 saturated carbocycles. The molecule has 1 N–H and O–H groups in total. The Morgan fingerprint density at radius 3 is 2.32 bits per heavy atom. The zero-order valence-corrected chi connectivity index (χ0v) is 16.4. The lowest BCUT2D eigenvalue weighted by Gasteiger charge is -2.70. The smallest absolute Gasteiger partial charge is 0.225 e. The minimum absolute atomic E-state index is 0.0196. The van der Waals surface area contributed by atoms with Gasteiger partial charge in [0.05, 0.1) is 18.2 Å². The monoisotopic (exact) mass is 382 g/mol. The second kappa shape index (κ2) is 6.87. The van der Waals surface area contributed by atoms with Crippen LogP contribution in [0.3, 0.4) is 0 Å². The SMILES string of the molecule is O=C(C1CCCC1)N1CC2(C1)[C@@H](c1ccccc1)[C@@H](CO)N2C(=O)CC1CC1. The second-order valence-electron chi connectivity index (χ2n) is 9.33. The van der Waals surface area contributed by atoms with E-state index >= 15 is 0 Å². The van der Waals surface area contributed by atoms with Gasteiger partial charge in [-0.2, -0.15) is 0 Å². The van der Waals surface area contributed by atoms with Crippen LogP contribution < -0.4 is 0 Å². The van der Waals surface area contributed by atoms with Crippen molar-refractivity contribution in [2.75, 3.05) is 19.7 Å². The zero-order valence-electron chi connectivity index (χ0n) is 16.4. The molecule has 28 heavy (non-hydrogen) atoms. The Morgan fingerprint density at radius 1 is 1.04 bits per heavy atom. The summed E-state index contributed by atoms with van der Waals surface area (Å²) in [5.41, 5.74) is 0.847. The van der Waals surface area contributed by atoms with Gasteiger partial charge in [0.25, 0.3) is 0 Å². The van der Waals surface area contributed by atoms with E-state index in [1.54, 1.807) is 0 Å². The zero-order chi connectivity index (χ0) is 19.3. The van der Waals surface area contributed by atoms with Crippen molar-refractivity contribution in [3.8, 4) is 0 Å². The van der Waals surface area contributed by atoms with Crippen molar-refractivity contribution in [2.45, 2.75) is 62.4 Å². The van der Waals surface area contributed by atoms with E-state index < -0.39 is 0 Å². The molecular formula is C23H30N2O3. The molecule has 150 valence electrons. The van der Waals surface area contributed by atoms with Gasteiger partial charge in [0, 0.05) is 31.3 Å². The Kier molecular flexibility index (Phi) is 4.46. The van der Waals surface area contributed by atoms with E-state index in [1.807, 2.05) is 28.0 Å². The van der Waals surface area contributed by atoms with Gasteiger partial charge in [-0.05, 0) is 37.2 Å². The first kappa shape index (κ1) is 18.2. The number of aliphatic hydroxyl groups excluding tert-OH is 1. The maximum absolute atomic E-state index is 13.1. The third-order valence-corrected chi connectivity index (χ3v) is 7.50. The van der Waals surface area contributed by atoms with Crippen molar-refractivity contribution >= 4 is 11.8 Å². The summed E-state index contributed by atoms with van der Waals surface area (Å²) in [5, 5.41) is 10.1. The molecule has 0 aromatic heterocycles. The number of aliphatic hydroxyl groups is 1. The van der Waals surface area contributed by atoms with Crippen LogP contribution in [0.25, 0.3) is 0 Å². The summed E-state index contributed by atoms with van der Waals surface area (Å²) >= 11 is 0. The summed E-state index contributed by atoms with van der Waals surface area (Å²) in [6, 6.07) is 10.1. The molecule has 4 aliphatic rings. The standard InChI is InChI=1S/C23H30N2O3/c26-13-19-21(17-6-2-1-3-7-17)23(25(19)20(27)12-16-10-11-16)14-24(15-23)22(28)18-8-4-5-9-18/h1-3,6-7,16,18-19,21,26H,4-5,8-15H2/t19-,21+/m1/s1. The van der Waals surface area contributed by atoms with Crippen molar-refractivity contribution in [3.63, 3.8) is 0 Å². The molecule has 1 aromatic carbocycles. The molecule has 2 heterocycles. The minimum atomic E-state index is -0.324. The van der Waals surface area contributed by atoms with Gasteiger partial charge in [0.15, 0.2) is 0 Å². The summed E-state index contributed by atoms with van der Waals surface area (Å²) in [5.74, 6) is 1.25.